The van der Waals surface area contributed by atoms with Crippen LogP contribution >= 0.6 is 0 Å². The van der Waals surface area contributed by atoms with Crippen LogP contribution in [0.3, 0.4) is 0 Å². The fraction of sp³-hybridized carbons (Fsp3) is 0. The van der Waals surface area contributed by atoms with Gasteiger partial charge in [0.05, 0.1) is 23.4 Å². The number of fused-ring (bicyclic) bond motifs is 3. The minimum atomic E-state index is 0.436. The molecule has 4 heterocycles. The van der Waals surface area contributed by atoms with E-state index in [0.717, 1.165) is 11.0 Å². The van der Waals surface area contributed by atoms with Crippen LogP contribution in [0.5, 0.6) is 0 Å². The van der Waals surface area contributed by atoms with Crippen molar-refractivity contribution in [3.8, 4) is 11.6 Å². The van der Waals surface area contributed by atoms with Crippen LogP contribution in [0.15, 0.2) is 41.6 Å². The fourth-order valence-corrected chi connectivity index (χ4v) is 1.93. The molecule has 4 aromatic heterocycles. The second kappa shape index (κ2) is 3.33. The van der Waals surface area contributed by atoms with Crippen molar-refractivity contribution in [1.82, 2.24) is 29.5 Å². The summed E-state index contributed by atoms with van der Waals surface area (Å²) in [6.45, 7) is 0. The number of hydrogen-bond acceptors (Lipinski definition) is 6. The van der Waals surface area contributed by atoms with E-state index in [1.165, 1.54) is 6.39 Å². The molecular weight excluding hydrogens is 232 g/mol. The Morgan fingerprint density at radius 1 is 1.06 bits per heavy atom. The summed E-state index contributed by atoms with van der Waals surface area (Å²) >= 11 is 0. The lowest BCUT2D eigenvalue weighted by molar-refractivity contribution is 0.418. The molecule has 0 aliphatic carbocycles. The molecule has 0 saturated carbocycles. The average molecular weight is 238 g/mol. The van der Waals surface area contributed by atoms with Crippen molar-refractivity contribution in [2.24, 2.45) is 0 Å². The zero-order valence-electron chi connectivity index (χ0n) is 9.06. The lowest BCUT2D eigenvalue weighted by atomic mass is 10.4. The number of rotatable bonds is 1. The summed E-state index contributed by atoms with van der Waals surface area (Å²) in [4.78, 5) is 16.8. The first kappa shape index (κ1) is 9.23. The Bertz CT molecular complexity index is 835. The van der Waals surface area contributed by atoms with Gasteiger partial charge in [0, 0.05) is 6.20 Å². The molecule has 0 aromatic carbocycles. The number of pyridine rings is 1. The zero-order chi connectivity index (χ0) is 11.9. The van der Waals surface area contributed by atoms with Gasteiger partial charge in [-0.3, -0.25) is 4.40 Å². The summed E-state index contributed by atoms with van der Waals surface area (Å²) in [6, 6.07) is 3.77. The van der Waals surface area contributed by atoms with Gasteiger partial charge in [0.25, 0.3) is 0 Å². The van der Waals surface area contributed by atoms with Gasteiger partial charge in [0.1, 0.15) is 0 Å². The number of nitrogens with zero attached hydrogens (tertiary/aromatic N) is 6. The van der Waals surface area contributed by atoms with Gasteiger partial charge in [0.15, 0.2) is 11.5 Å². The summed E-state index contributed by atoms with van der Waals surface area (Å²) < 4.78 is 6.66. The molecule has 0 atom stereocenters. The normalized spacial score (nSPS) is 11.3. The molecule has 4 rings (SSSR count). The third-order valence-corrected chi connectivity index (χ3v) is 2.68. The van der Waals surface area contributed by atoms with Gasteiger partial charge in [-0.25, -0.2) is 15.0 Å². The van der Waals surface area contributed by atoms with E-state index in [0.29, 0.717) is 17.3 Å². The molecule has 0 amide bonds. The smallest absolute Gasteiger partial charge is 0.238 e. The third kappa shape index (κ3) is 1.15. The van der Waals surface area contributed by atoms with Crippen molar-refractivity contribution in [1.29, 1.82) is 0 Å². The van der Waals surface area contributed by atoms with E-state index in [9.17, 15) is 0 Å². The fourth-order valence-electron chi connectivity index (χ4n) is 1.93. The van der Waals surface area contributed by atoms with Crippen molar-refractivity contribution in [2.75, 3.05) is 0 Å². The molecule has 0 aliphatic rings. The molecule has 0 unspecified atom stereocenters. The van der Waals surface area contributed by atoms with Crippen LogP contribution in [0, 0.1) is 0 Å². The van der Waals surface area contributed by atoms with E-state index in [2.05, 4.69) is 25.1 Å². The second-order valence-electron chi connectivity index (χ2n) is 3.70. The van der Waals surface area contributed by atoms with Gasteiger partial charge < -0.3 is 4.52 Å². The molecule has 7 nitrogen and oxygen atoms in total. The molecule has 0 N–H and O–H groups in total. The summed E-state index contributed by atoms with van der Waals surface area (Å²) in [5.41, 5.74) is 2.36. The monoisotopic (exact) mass is 238 g/mol. The lowest BCUT2D eigenvalue weighted by Gasteiger charge is -2.01. The maximum Gasteiger partial charge on any atom is 0.238 e. The first-order valence-electron chi connectivity index (χ1n) is 5.27. The summed E-state index contributed by atoms with van der Waals surface area (Å²) in [5.74, 6) is 1.05. The molecule has 0 spiro atoms. The topological polar surface area (TPSA) is 82.0 Å². The molecule has 0 radical (unpaired) electrons. The van der Waals surface area contributed by atoms with Gasteiger partial charge in [0.2, 0.25) is 12.2 Å². The van der Waals surface area contributed by atoms with E-state index in [1.54, 1.807) is 18.6 Å². The highest BCUT2D eigenvalue weighted by Gasteiger charge is 2.13. The maximum atomic E-state index is 4.75. The number of imidazole rings is 1. The van der Waals surface area contributed by atoms with Gasteiger partial charge in [-0.2, -0.15) is 4.98 Å². The Labute approximate surface area is 100 Å². The quantitative estimate of drug-likeness (QED) is 0.497. The molecule has 0 aliphatic heterocycles. The molecule has 4 aromatic rings. The molecule has 0 saturated heterocycles. The van der Waals surface area contributed by atoms with Crippen LogP contribution in [-0.4, -0.2) is 29.5 Å². The average Bonchev–Trinajstić information content (AvgIpc) is 3.07. The van der Waals surface area contributed by atoms with Crippen molar-refractivity contribution in [3.05, 3.63) is 37.1 Å². The largest absolute Gasteiger partial charge is 0.342 e. The Hall–Kier alpha value is -2.83. The van der Waals surface area contributed by atoms with Crippen LogP contribution in [0.4, 0.5) is 0 Å². The van der Waals surface area contributed by atoms with Crippen molar-refractivity contribution < 1.29 is 4.52 Å². The molecule has 86 valence electrons. The highest BCUT2D eigenvalue weighted by molar-refractivity contribution is 5.76. The summed E-state index contributed by atoms with van der Waals surface area (Å²) in [6.07, 6.45) is 6.40. The molecule has 18 heavy (non-hydrogen) atoms. The lowest BCUT2D eigenvalue weighted by Crippen LogP contribution is -1.96. The number of aromatic nitrogens is 6. The SMILES string of the molecule is c1cnc2ncc3cnc(-c4ncon4)n3c2c1. The second-order valence-corrected chi connectivity index (χ2v) is 3.70. The highest BCUT2D eigenvalue weighted by atomic mass is 16.5. The summed E-state index contributed by atoms with van der Waals surface area (Å²) in [7, 11) is 0. The van der Waals surface area contributed by atoms with E-state index in [1.807, 2.05) is 16.5 Å². The Balaban J connectivity index is 2.19. The van der Waals surface area contributed by atoms with Crippen LogP contribution in [-0.2, 0) is 0 Å². The highest BCUT2D eigenvalue weighted by Crippen LogP contribution is 2.20. The Morgan fingerprint density at radius 2 is 2.00 bits per heavy atom. The van der Waals surface area contributed by atoms with Gasteiger partial charge in [-0.05, 0) is 12.1 Å². The van der Waals surface area contributed by atoms with E-state index >= 15 is 0 Å². The van der Waals surface area contributed by atoms with E-state index < -0.39 is 0 Å². The first-order chi connectivity index (χ1) is 8.93. The van der Waals surface area contributed by atoms with Gasteiger partial charge in [-0.15, -0.1) is 0 Å². The predicted molar refractivity (Wildman–Crippen MR) is 61.6 cm³/mol. The standard InChI is InChI=1S/C11H6N6O/c1-2-8-9(12-3-1)13-4-7-5-14-11(17(7)8)10-15-6-18-16-10/h1-6H. The van der Waals surface area contributed by atoms with E-state index in [4.69, 9.17) is 4.52 Å². The van der Waals surface area contributed by atoms with Crippen LogP contribution in [0.1, 0.15) is 0 Å². The Kier molecular flexibility index (Phi) is 1.71. The van der Waals surface area contributed by atoms with Crippen LogP contribution in [0.25, 0.3) is 28.3 Å². The van der Waals surface area contributed by atoms with E-state index in [-0.39, 0.29) is 0 Å². The minimum absolute atomic E-state index is 0.436. The van der Waals surface area contributed by atoms with Crippen molar-refractivity contribution >= 4 is 16.7 Å². The molecule has 7 heteroatoms. The third-order valence-electron chi connectivity index (χ3n) is 2.68. The number of hydrogen-bond donors (Lipinski definition) is 0. The molecule has 0 bridgehead atoms. The van der Waals surface area contributed by atoms with Gasteiger partial charge in [-0.1, -0.05) is 5.16 Å². The van der Waals surface area contributed by atoms with Gasteiger partial charge >= 0.3 is 0 Å². The van der Waals surface area contributed by atoms with Crippen molar-refractivity contribution in [2.45, 2.75) is 0 Å². The Morgan fingerprint density at radius 3 is 2.89 bits per heavy atom. The molecular formula is C11H6N6O. The van der Waals surface area contributed by atoms with Crippen LogP contribution in [0.2, 0.25) is 0 Å². The maximum absolute atomic E-state index is 4.75. The zero-order valence-corrected chi connectivity index (χ0v) is 9.06. The van der Waals surface area contributed by atoms with Crippen molar-refractivity contribution in [3.63, 3.8) is 0 Å². The predicted octanol–water partition coefficient (Wildman–Crippen LogP) is 1.33. The first-order valence-corrected chi connectivity index (χ1v) is 5.27. The molecule has 0 fully saturated rings. The summed E-state index contributed by atoms with van der Waals surface area (Å²) in [5, 5.41) is 3.81. The minimum Gasteiger partial charge on any atom is -0.342 e. The van der Waals surface area contributed by atoms with Crippen LogP contribution < -0.4 is 0 Å².